The van der Waals surface area contributed by atoms with Crippen molar-refractivity contribution in [3.63, 3.8) is 0 Å². The van der Waals surface area contributed by atoms with E-state index in [1.807, 2.05) is 13.2 Å². The van der Waals surface area contributed by atoms with Gasteiger partial charge in [-0.3, -0.25) is 9.59 Å². The Hall–Kier alpha value is -1.43. The molecule has 0 radical (unpaired) electrons. The van der Waals surface area contributed by atoms with E-state index in [9.17, 15) is 9.59 Å². The number of hydrogen-bond acceptors (Lipinski definition) is 3. The van der Waals surface area contributed by atoms with Gasteiger partial charge >= 0.3 is 5.97 Å². The summed E-state index contributed by atoms with van der Waals surface area (Å²) >= 11 is 1.67. The molecule has 6 heteroatoms. The molecule has 5 nitrogen and oxygen atoms in total. The second-order valence-electron chi connectivity index (χ2n) is 4.14. The molecule has 0 fully saturated rings. The number of amides is 1. The number of carbonyl (C=O) groups is 2. The van der Waals surface area contributed by atoms with Gasteiger partial charge in [0.25, 0.3) is 5.91 Å². The largest absolute Gasteiger partial charge is 0.480 e. The van der Waals surface area contributed by atoms with Crippen molar-refractivity contribution < 1.29 is 14.7 Å². The maximum Gasteiger partial charge on any atom is 0.323 e. The van der Waals surface area contributed by atoms with E-state index in [1.165, 1.54) is 4.57 Å². The Balaban J connectivity index is 2.83. The average molecular weight is 270 g/mol. The van der Waals surface area contributed by atoms with Crippen LogP contribution in [0.25, 0.3) is 0 Å². The standard InChI is InChI=1S/C12H18N2O3S/c1-9(8-18-3)13(2)12(17)10-5-4-6-14(10)7-11(15)16/h4-6,9H,7-8H2,1-3H3,(H,15,16). The monoisotopic (exact) mass is 270 g/mol. The van der Waals surface area contributed by atoms with Crippen molar-refractivity contribution in [2.75, 3.05) is 19.1 Å². The van der Waals surface area contributed by atoms with Gasteiger partial charge in [-0.25, -0.2) is 0 Å². The van der Waals surface area contributed by atoms with Crippen molar-refractivity contribution in [2.24, 2.45) is 0 Å². The zero-order chi connectivity index (χ0) is 13.7. The van der Waals surface area contributed by atoms with Crippen molar-refractivity contribution in [3.8, 4) is 0 Å². The Morgan fingerprint density at radius 2 is 2.22 bits per heavy atom. The van der Waals surface area contributed by atoms with Crippen LogP contribution < -0.4 is 0 Å². The van der Waals surface area contributed by atoms with Gasteiger partial charge in [-0.1, -0.05) is 0 Å². The first-order valence-corrected chi connectivity index (χ1v) is 6.99. The Morgan fingerprint density at radius 1 is 1.56 bits per heavy atom. The molecule has 1 rings (SSSR count). The summed E-state index contributed by atoms with van der Waals surface area (Å²) < 4.78 is 1.45. The van der Waals surface area contributed by atoms with Crippen LogP contribution in [0.1, 0.15) is 17.4 Å². The lowest BCUT2D eigenvalue weighted by Crippen LogP contribution is -2.37. The lowest BCUT2D eigenvalue weighted by molar-refractivity contribution is -0.137. The highest BCUT2D eigenvalue weighted by Gasteiger charge is 2.20. The average Bonchev–Trinajstić information content (AvgIpc) is 2.74. The van der Waals surface area contributed by atoms with Crippen molar-refractivity contribution in [2.45, 2.75) is 19.5 Å². The van der Waals surface area contributed by atoms with E-state index < -0.39 is 5.97 Å². The molecule has 0 spiro atoms. The van der Waals surface area contributed by atoms with Gasteiger partial charge in [-0.15, -0.1) is 0 Å². The van der Waals surface area contributed by atoms with Crippen LogP contribution >= 0.6 is 11.8 Å². The molecule has 1 aromatic rings. The summed E-state index contributed by atoms with van der Waals surface area (Å²) in [5.41, 5.74) is 0.410. The second kappa shape index (κ2) is 6.49. The maximum absolute atomic E-state index is 12.2. The molecule has 1 N–H and O–H groups in total. The number of carboxylic acids is 1. The van der Waals surface area contributed by atoms with E-state index in [2.05, 4.69) is 0 Å². The van der Waals surface area contributed by atoms with Crippen molar-refractivity contribution in [3.05, 3.63) is 24.0 Å². The fourth-order valence-electron chi connectivity index (χ4n) is 1.63. The maximum atomic E-state index is 12.2. The molecule has 18 heavy (non-hydrogen) atoms. The molecule has 1 heterocycles. The van der Waals surface area contributed by atoms with Crippen LogP contribution in [0.4, 0.5) is 0 Å². The summed E-state index contributed by atoms with van der Waals surface area (Å²) in [5, 5.41) is 8.77. The first-order chi connectivity index (χ1) is 8.47. The van der Waals surface area contributed by atoms with E-state index in [-0.39, 0.29) is 18.5 Å². The normalized spacial score (nSPS) is 12.2. The lowest BCUT2D eigenvalue weighted by atomic mass is 10.3. The third kappa shape index (κ3) is 3.53. The predicted molar refractivity (Wildman–Crippen MR) is 72.0 cm³/mol. The number of carbonyl (C=O) groups excluding carboxylic acids is 1. The van der Waals surface area contributed by atoms with E-state index in [0.717, 1.165) is 5.75 Å². The fourth-order valence-corrected chi connectivity index (χ4v) is 2.33. The highest BCUT2D eigenvalue weighted by molar-refractivity contribution is 7.98. The van der Waals surface area contributed by atoms with Crippen molar-refractivity contribution >= 4 is 23.6 Å². The van der Waals surface area contributed by atoms with Crippen LogP contribution in [-0.2, 0) is 11.3 Å². The van der Waals surface area contributed by atoms with Gasteiger partial charge in [0.2, 0.25) is 0 Å². The van der Waals surface area contributed by atoms with E-state index in [0.29, 0.717) is 5.69 Å². The number of thioether (sulfide) groups is 1. The quantitative estimate of drug-likeness (QED) is 0.848. The van der Waals surface area contributed by atoms with Crippen LogP contribution in [0.3, 0.4) is 0 Å². The van der Waals surface area contributed by atoms with Crippen molar-refractivity contribution in [1.82, 2.24) is 9.47 Å². The number of aromatic nitrogens is 1. The minimum Gasteiger partial charge on any atom is -0.480 e. The van der Waals surface area contributed by atoms with Gasteiger partial charge in [-0.2, -0.15) is 11.8 Å². The number of nitrogens with zero attached hydrogens (tertiary/aromatic N) is 2. The number of hydrogen-bond donors (Lipinski definition) is 1. The molecule has 1 aromatic heterocycles. The van der Waals surface area contributed by atoms with E-state index in [4.69, 9.17) is 5.11 Å². The molecule has 0 aromatic carbocycles. The summed E-state index contributed by atoms with van der Waals surface area (Å²) in [7, 11) is 1.74. The van der Waals surface area contributed by atoms with Crippen LogP contribution in [0.15, 0.2) is 18.3 Å². The van der Waals surface area contributed by atoms with Crippen LogP contribution in [0.5, 0.6) is 0 Å². The SMILES string of the molecule is CSCC(C)N(C)C(=O)c1cccn1CC(=O)O. The predicted octanol–water partition coefficient (Wildman–Crippen LogP) is 1.40. The zero-order valence-corrected chi connectivity index (χ0v) is 11.6. The summed E-state index contributed by atoms with van der Waals surface area (Å²) in [6, 6.07) is 3.44. The van der Waals surface area contributed by atoms with Gasteiger partial charge in [0, 0.05) is 25.0 Å². The molecule has 1 atom stereocenters. The Bertz CT molecular complexity index is 431. The minimum atomic E-state index is -0.958. The third-order valence-corrected chi connectivity index (χ3v) is 3.56. The van der Waals surface area contributed by atoms with Gasteiger partial charge in [0.15, 0.2) is 0 Å². The van der Waals surface area contributed by atoms with E-state index >= 15 is 0 Å². The summed E-state index contributed by atoms with van der Waals surface area (Å²) in [4.78, 5) is 24.6. The minimum absolute atomic E-state index is 0.112. The lowest BCUT2D eigenvalue weighted by Gasteiger charge is -2.24. The zero-order valence-electron chi connectivity index (χ0n) is 10.8. The summed E-state index contributed by atoms with van der Waals surface area (Å²) in [5.74, 6) is -0.259. The molecular weight excluding hydrogens is 252 g/mol. The first-order valence-electron chi connectivity index (χ1n) is 5.60. The Labute approximate surface area is 111 Å². The fraction of sp³-hybridized carbons (Fsp3) is 0.500. The molecular formula is C12H18N2O3S. The summed E-state index contributed by atoms with van der Waals surface area (Å²) in [6.07, 6.45) is 3.59. The highest BCUT2D eigenvalue weighted by Crippen LogP contribution is 2.10. The van der Waals surface area contributed by atoms with Crippen molar-refractivity contribution in [1.29, 1.82) is 0 Å². The molecule has 1 unspecified atom stereocenters. The van der Waals surface area contributed by atoms with Gasteiger partial charge < -0.3 is 14.6 Å². The number of aliphatic carboxylic acids is 1. The molecule has 1 amide bonds. The first kappa shape index (κ1) is 14.6. The van der Waals surface area contributed by atoms with Crippen LogP contribution in [0, 0.1) is 0 Å². The number of rotatable bonds is 6. The molecule has 0 aliphatic heterocycles. The van der Waals surface area contributed by atoms with Gasteiger partial charge in [0.1, 0.15) is 12.2 Å². The smallest absolute Gasteiger partial charge is 0.323 e. The Morgan fingerprint density at radius 3 is 2.78 bits per heavy atom. The second-order valence-corrected chi connectivity index (χ2v) is 5.05. The summed E-state index contributed by atoms with van der Waals surface area (Å²) in [6.45, 7) is 1.78. The topological polar surface area (TPSA) is 62.5 Å². The highest BCUT2D eigenvalue weighted by atomic mass is 32.2. The van der Waals surface area contributed by atoms with Gasteiger partial charge in [-0.05, 0) is 25.3 Å². The van der Waals surface area contributed by atoms with Gasteiger partial charge in [0.05, 0.1) is 0 Å². The molecule has 0 aliphatic carbocycles. The third-order valence-electron chi connectivity index (χ3n) is 2.74. The van der Waals surface area contributed by atoms with Crippen LogP contribution in [0.2, 0.25) is 0 Å². The number of carboxylic acid groups (broad SMARTS) is 1. The molecule has 0 bridgehead atoms. The molecule has 0 saturated carbocycles. The van der Waals surface area contributed by atoms with E-state index in [1.54, 1.807) is 42.0 Å². The molecule has 0 aliphatic rings. The Kier molecular flexibility index (Phi) is 5.27. The molecule has 0 saturated heterocycles. The van der Waals surface area contributed by atoms with Crippen LogP contribution in [-0.4, -0.2) is 51.5 Å². The molecule has 100 valence electrons.